The summed E-state index contributed by atoms with van der Waals surface area (Å²) in [5.41, 5.74) is 6.91. The molecule has 3 aliphatic rings. The number of nitrogens with zero attached hydrogens (tertiary/aromatic N) is 2. The van der Waals surface area contributed by atoms with Crippen LogP contribution in [0.25, 0.3) is 10.9 Å². The Balaban J connectivity index is 1.38. The van der Waals surface area contributed by atoms with Crippen LogP contribution in [0, 0.1) is 5.92 Å². The van der Waals surface area contributed by atoms with Crippen molar-refractivity contribution in [2.45, 2.75) is 82.1 Å². The molecule has 3 aromatic rings. The van der Waals surface area contributed by atoms with Gasteiger partial charge in [-0.1, -0.05) is 42.3 Å². The van der Waals surface area contributed by atoms with Crippen LogP contribution in [0.5, 0.6) is 5.75 Å². The first-order chi connectivity index (χ1) is 25.2. The number of epoxide rings is 1. The van der Waals surface area contributed by atoms with Crippen molar-refractivity contribution in [3.8, 4) is 5.75 Å². The number of anilines is 3. The molecule has 1 aromatic heterocycles. The lowest BCUT2D eigenvalue weighted by molar-refractivity contribution is -0.187. The topological polar surface area (TPSA) is 175 Å². The van der Waals surface area contributed by atoms with Crippen LogP contribution in [0.4, 0.5) is 21.9 Å². The number of allylic oxidation sites excluding steroid dienone is 3. The number of amides is 2. The average molecular weight is 749 g/mol. The van der Waals surface area contributed by atoms with E-state index in [4.69, 9.17) is 41.0 Å². The second-order valence-corrected chi connectivity index (χ2v) is 14.6. The number of halogens is 1. The van der Waals surface area contributed by atoms with Crippen LogP contribution >= 0.6 is 11.6 Å². The van der Waals surface area contributed by atoms with Gasteiger partial charge in [-0.05, 0) is 62.2 Å². The van der Waals surface area contributed by atoms with E-state index in [2.05, 4.69) is 10.3 Å². The molecule has 0 unspecified atom stereocenters. The Kier molecular flexibility index (Phi) is 10.8. The van der Waals surface area contributed by atoms with Crippen molar-refractivity contribution in [3.05, 3.63) is 77.0 Å². The van der Waals surface area contributed by atoms with Gasteiger partial charge >= 0.3 is 12.1 Å². The van der Waals surface area contributed by atoms with E-state index < -0.39 is 59.5 Å². The van der Waals surface area contributed by atoms with E-state index in [1.165, 1.54) is 19.1 Å². The molecule has 6 rings (SSSR count). The summed E-state index contributed by atoms with van der Waals surface area (Å²) in [7, 11) is 4.57. The second kappa shape index (κ2) is 15.0. The highest BCUT2D eigenvalue weighted by Gasteiger charge is 2.64. The number of pyridine rings is 1. The van der Waals surface area contributed by atoms with Gasteiger partial charge in [0.2, 0.25) is 5.91 Å². The molecule has 2 fully saturated rings. The van der Waals surface area contributed by atoms with Crippen molar-refractivity contribution >= 4 is 57.5 Å². The van der Waals surface area contributed by atoms with Crippen LogP contribution in [0.3, 0.4) is 0 Å². The molecular weight excluding hydrogens is 704 g/mol. The van der Waals surface area contributed by atoms with Gasteiger partial charge in [-0.2, -0.15) is 0 Å². The van der Waals surface area contributed by atoms with E-state index in [0.29, 0.717) is 40.1 Å². The van der Waals surface area contributed by atoms with Crippen molar-refractivity contribution in [3.63, 3.8) is 0 Å². The molecule has 0 radical (unpaired) electrons. The summed E-state index contributed by atoms with van der Waals surface area (Å²) in [4.78, 5) is 46.5. The second-order valence-electron chi connectivity index (χ2n) is 14.2. The number of benzene rings is 2. The summed E-state index contributed by atoms with van der Waals surface area (Å²) >= 11 is 6.77. The van der Waals surface area contributed by atoms with Crippen LogP contribution in [0.15, 0.2) is 66.4 Å². The lowest BCUT2D eigenvalue weighted by atomic mass is 9.78. The number of nitrogens with two attached hydrogens (primary N) is 1. The minimum Gasteiger partial charge on any atom is -0.495 e. The predicted octanol–water partition coefficient (Wildman–Crippen LogP) is 5.75. The third-order valence-electron chi connectivity index (χ3n) is 10.5. The molecule has 0 aliphatic carbocycles. The summed E-state index contributed by atoms with van der Waals surface area (Å²) in [5.74, 6) is -1.09. The van der Waals surface area contributed by atoms with Crippen LogP contribution in [0.1, 0.15) is 45.6 Å². The number of aliphatic hydroxyl groups is 1. The molecule has 2 saturated heterocycles. The van der Waals surface area contributed by atoms with Gasteiger partial charge in [0.15, 0.2) is 0 Å². The number of carbonyl (C=O) groups is 3. The Labute approximate surface area is 313 Å². The lowest BCUT2D eigenvalue weighted by Gasteiger charge is -2.41. The molecule has 0 spiro atoms. The first-order valence-corrected chi connectivity index (χ1v) is 17.8. The van der Waals surface area contributed by atoms with E-state index in [-0.39, 0.29) is 24.3 Å². The maximum absolute atomic E-state index is 14.2. The first-order valence-electron chi connectivity index (χ1n) is 17.4. The standard InChI is InChI=1S/C39H45ClN4O9/c1-21-9-7-11-30(50-6)39(48)19-29(51-33(46)20-39)22(2)36-38(3,53-36)31(18-32(45)44(4)27-16-23(15-21)17-28(49-5)34(27)40)52-37(47)43-26-13-12-25(41)35-24(26)10-8-14-42-35/h7-14,16-17,22,29-31,36,48H,15,18-20,41H2,1-6H3,(H,43,47)/b11-7+,21-9+/t22-,29+,30-,31+,36+,38+,39-/m1/s1. The molecule has 0 saturated carbocycles. The van der Waals surface area contributed by atoms with E-state index in [9.17, 15) is 19.5 Å². The normalized spacial score (nSPS) is 30.8. The average Bonchev–Trinajstić information content (AvgIpc) is 3.82. The summed E-state index contributed by atoms with van der Waals surface area (Å²) in [6.07, 6.45) is 2.82. The lowest BCUT2D eigenvalue weighted by Crippen LogP contribution is -2.53. The van der Waals surface area contributed by atoms with Crippen LogP contribution in [-0.4, -0.2) is 84.9 Å². The molecule has 4 heterocycles. The fourth-order valence-electron chi connectivity index (χ4n) is 7.43. The zero-order valence-corrected chi connectivity index (χ0v) is 31.3. The van der Waals surface area contributed by atoms with E-state index in [1.54, 1.807) is 62.7 Å². The smallest absolute Gasteiger partial charge is 0.412 e. The number of rotatable bonds is 4. The van der Waals surface area contributed by atoms with Gasteiger partial charge < -0.3 is 39.4 Å². The fourth-order valence-corrected chi connectivity index (χ4v) is 7.74. The number of hydrogen-bond acceptors (Lipinski definition) is 11. The third kappa shape index (κ3) is 7.70. The minimum atomic E-state index is -1.57. The first kappa shape index (κ1) is 38.0. The highest BCUT2D eigenvalue weighted by atomic mass is 35.5. The van der Waals surface area contributed by atoms with E-state index in [1.807, 2.05) is 26.0 Å². The molecular formula is C39H45ClN4O9. The zero-order chi connectivity index (χ0) is 38.2. The summed E-state index contributed by atoms with van der Waals surface area (Å²) in [6, 6.07) is 10.4. The van der Waals surface area contributed by atoms with E-state index >= 15 is 0 Å². The number of hydrogen-bond donors (Lipinski definition) is 3. The zero-order valence-electron chi connectivity index (χ0n) is 30.6. The highest BCUT2D eigenvalue weighted by molar-refractivity contribution is 6.35. The Morgan fingerprint density at radius 3 is 2.72 bits per heavy atom. The number of fused-ring (bicyclic) bond motifs is 6. The molecule has 53 heavy (non-hydrogen) atoms. The molecule has 282 valence electrons. The number of aromatic nitrogens is 1. The number of carbonyl (C=O) groups excluding carboxylic acids is 3. The Morgan fingerprint density at radius 2 is 1.98 bits per heavy atom. The van der Waals surface area contributed by atoms with Crippen LogP contribution in [-0.2, 0) is 35.0 Å². The quantitative estimate of drug-likeness (QED) is 0.168. The molecule has 13 nitrogen and oxygen atoms in total. The number of esters is 1. The minimum absolute atomic E-state index is 0.0669. The van der Waals surface area contributed by atoms with Crippen molar-refractivity contribution in [2.75, 3.05) is 37.2 Å². The van der Waals surface area contributed by atoms with Gasteiger partial charge in [0.05, 0.1) is 48.6 Å². The van der Waals surface area contributed by atoms with Gasteiger partial charge in [-0.15, -0.1) is 0 Å². The molecule has 4 bridgehead atoms. The Bertz CT molecular complexity index is 1990. The van der Waals surface area contributed by atoms with Crippen molar-refractivity contribution < 1.29 is 43.2 Å². The van der Waals surface area contributed by atoms with Crippen molar-refractivity contribution in [2.24, 2.45) is 5.92 Å². The van der Waals surface area contributed by atoms with E-state index in [0.717, 1.165) is 11.1 Å². The monoisotopic (exact) mass is 748 g/mol. The number of methoxy groups -OCH3 is 2. The van der Waals surface area contributed by atoms with Crippen LogP contribution < -0.4 is 20.7 Å². The van der Waals surface area contributed by atoms with Crippen molar-refractivity contribution in [1.29, 1.82) is 0 Å². The van der Waals surface area contributed by atoms with Gasteiger partial charge in [0.25, 0.3) is 0 Å². The maximum Gasteiger partial charge on any atom is 0.412 e. The van der Waals surface area contributed by atoms with Gasteiger partial charge in [0, 0.05) is 38.1 Å². The Morgan fingerprint density at radius 1 is 1.21 bits per heavy atom. The molecule has 2 aromatic carbocycles. The van der Waals surface area contributed by atoms with Gasteiger partial charge in [-0.25, -0.2) is 4.79 Å². The third-order valence-corrected chi connectivity index (χ3v) is 10.9. The highest BCUT2D eigenvalue weighted by Crippen LogP contribution is 2.50. The number of nitrogen functional groups attached to an aromatic ring is 1. The largest absolute Gasteiger partial charge is 0.495 e. The number of ether oxygens (including phenoxy) is 5. The fraction of sp³-hybridized carbons (Fsp3) is 0.436. The maximum atomic E-state index is 14.2. The van der Waals surface area contributed by atoms with Crippen molar-refractivity contribution in [1.82, 2.24) is 4.98 Å². The van der Waals surface area contributed by atoms with Gasteiger partial charge in [0.1, 0.15) is 40.3 Å². The Hall–Kier alpha value is -4.69. The molecule has 2 amide bonds. The van der Waals surface area contributed by atoms with Gasteiger partial charge in [-0.3, -0.25) is 19.9 Å². The summed E-state index contributed by atoms with van der Waals surface area (Å²) in [6.45, 7) is 5.52. The number of nitrogens with one attached hydrogen (secondary N) is 1. The molecule has 14 heteroatoms. The predicted molar refractivity (Wildman–Crippen MR) is 200 cm³/mol. The molecule has 4 N–H and O–H groups in total. The summed E-state index contributed by atoms with van der Waals surface area (Å²) < 4.78 is 29.4. The summed E-state index contributed by atoms with van der Waals surface area (Å²) in [5, 5.41) is 15.5. The molecule has 7 atom stereocenters. The van der Waals surface area contributed by atoms with Crippen LogP contribution in [0.2, 0.25) is 5.02 Å². The molecule has 3 aliphatic heterocycles. The SMILES string of the molecule is COc1cc2cc(c1Cl)N(C)C(=O)C[C@H](OC(=O)Nc1ccc(N)c3ncccc13)[C@]1(C)O[C@H]1[C@H](C)[C@@H]1C[C@@](O)(CC(=O)O1)[C@H](OC)/C=C/C=C(\C)C2.